The molecule has 0 radical (unpaired) electrons. The Labute approximate surface area is 192 Å². The molecule has 0 unspecified atom stereocenters. The zero-order valence-electron chi connectivity index (χ0n) is 18.9. The van der Waals surface area contributed by atoms with Gasteiger partial charge in [-0.05, 0) is 70.0 Å². The van der Waals surface area contributed by atoms with Gasteiger partial charge in [0.1, 0.15) is 5.82 Å². The van der Waals surface area contributed by atoms with E-state index < -0.39 is 17.0 Å². The first-order valence-corrected chi connectivity index (χ1v) is 10.9. The summed E-state index contributed by atoms with van der Waals surface area (Å²) in [5.41, 5.74) is -1.49. The highest BCUT2D eigenvalue weighted by molar-refractivity contribution is 6.07. The number of ketones is 1. The molecule has 1 fully saturated rings. The molecule has 2 atom stereocenters. The molecule has 0 spiro atoms. The average molecular weight is 451 g/mol. The zero-order chi connectivity index (χ0) is 23.6. The minimum Gasteiger partial charge on any atom is -0.461 e. The van der Waals surface area contributed by atoms with E-state index in [0.717, 1.165) is 0 Å². The number of benzene rings is 1. The molecule has 8 heteroatoms. The Hall–Kier alpha value is -3.23. The van der Waals surface area contributed by atoms with Crippen LogP contribution in [0.2, 0.25) is 0 Å². The molecule has 1 aliphatic heterocycles. The van der Waals surface area contributed by atoms with Crippen LogP contribution in [-0.4, -0.2) is 44.0 Å². The minimum absolute atomic E-state index is 0.189. The highest BCUT2D eigenvalue weighted by Crippen LogP contribution is 2.36. The largest absolute Gasteiger partial charge is 0.461 e. The van der Waals surface area contributed by atoms with Crippen molar-refractivity contribution >= 4 is 5.78 Å². The summed E-state index contributed by atoms with van der Waals surface area (Å²) in [6, 6.07) is 9.24. The number of pyridine rings is 1. The van der Waals surface area contributed by atoms with Crippen molar-refractivity contribution in [1.29, 1.82) is 0 Å². The van der Waals surface area contributed by atoms with Crippen LogP contribution in [0, 0.1) is 5.82 Å². The highest BCUT2D eigenvalue weighted by Gasteiger charge is 2.46. The Morgan fingerprint density at radius 1 is 1.18 bits per heavy atom. The van der Waals surface area contributed by atoms with Crippen molar-refractivity contribution in [2.45, 2.75) is 50.9 Å². The summed E-state index contributed by atoms with van der Waals surface area (Å²) < 4.78 is 20.5. The molecule has 0 saturated carbocycles. The number of nitrogens with one attached hydrogen (secondary N) is 1. The molecule has 33 heavy (non-hydrogen) atoms. The Morgan fingerprint density at radius 3 is 2.58 bits per heavy atom. The van der Waals surface area contributed by atoms with Crippen LogP contribution in [0.25, 0.3) is 11.4 Å². The molecule has 1 aromatic carbocycles. The lowest BCUT2D eigenvalue weighted by Crippen LogP contribution is -2.58. The second-order valence-corrected chi connectivity index (χ2v) is 8.92. The molecule has 0 amide bonds. The minimum atomic E-state index is -1.30. The van der Waals surface area contributed by atoms with Crippen LogP contribution in [0.3, 0.4) is 0 Å². The molecule has 0 bridgehead atoms. The Kier molecular flexibility index (Phi) is 6.23. The van der Waals surface area contributed by atoms with Gasteiger partial charge < -0.3 is 15.2 Å². The van der Waals surface area contributed by atoms with Crippen molar-refractivity contribution in [3.8, 4) is 17.3 Å². The topological polar surface area (TPSA) is 97.2 Å². The predicted molar refractivity (Wildman–Crippen MR) is 121 cm³/mol. The van der Waals surface area contributed by atoms with Gasteiger partial charge in [0.05, 0.1) is 5.60 Å². The number of hydrogen-bond donors (Lipinski definition) is 2. The lowest BCUT2D eigenvalue weighted by Gasteiger charge is -2.39. The second kappa shape index (κ2) is 8.96. The molecule has 1 aliphatic rings. The SMILES string of the molecule is C[C@@H]1CC[C@](Oc2ncccc2C(C)(C)O)(C(=O)c2ccc(F)cc2-c2ncccn2)CN1. The summed E-state index contributed by atoms with van der Waals surface area (Å²) in [5.74, 6) is -0.373. The number of piperidine rings is 1. The van der Waals surface area contributed by atoms with Gasteiger partial charge >= 0.3 is 0 Å². The van der Waals surface area contributed by atoms with Crippen LogP contribution in [0.15, 0.2) is 55.0 Å². The van der Waals surface area contributed by atoms with Gasteiger partial charge in [-0.25, -0.2) is 19.3 Å². The number of hydrogen-bond acceptors (Lipinski definition) is 7. The molecule has 4 rings (SSSR count). The third-order valence-electron chi connectivity index (χ3n) is 5.89. The van der Waals surface area contributed by atoms with Gasteiger partial charge in [-0.15, -0.1) is 0 Å². The maximum atomic E-state index is 14.2. The number of nitrogens with zero attached hydrogens (tertiary/aromatic N) is 3. The molecule has 2 aromatic heterocycles. The maximum absolute atomic E-state index is 14.2. The summed E-state index contributed by atoms with van der Waals surface area (Å²) in [5, 5.41) is 14.0. The Balaban J connectivity index is 1.81. The standard InChI is InChI=1S/C25H27FN4O3/c1-16-9-10-25(15-30-16,33-23-20(24(2,3)32)6-4-11-29-23)21(31)18-8-7-17(26)14-19(18)22-27-12-5-13-28-22/h4-8,11-14,16,30,32H,9-10,15H2,1-3H3/t16-,25-/m1/s1. The van der Waals surface area contributed by atoms with E-state index in [-0.39, 0.29) is 35.6 Å². The Morgan fingerprint density at radius 2 is 1.91 bits per heavy atom. The van der Waals surface area contributed by atoms with E-state index in [4.69, 9.17) is 4.74 Å². The number of halogens is 1. The molecular formula is C25H27FN4O3. The van der Waals surface area contributed by atoms with Gasteiger partial charge in [0.25, 0.3) is 0 Å². The van der Waals surface area contributed by atoms with Crippen LogP contribution in [0.1, 0.15) is 49.5 Å². The fourth-order valence-electron chi connectivity index (χ4n) is 4.01. The fraction of sp³-hybridized carbons (Fsp3) is 0.360. The van der Waals surface area contributed by atoms with E-state index in [1.807, 2.05) is 6.92 Å². The lowest BCUT2D eigenvalue weighted by molar-refractivity contribution is 0.0198. The maximum Gasteiger partial charge on any atom is 0.220 e. The number of aliphatic hydroxyl groups is 1. The van der Waals surface area contributed by atoms with Crippen molar-refractivity contribution in [1.82, 2.24) is 20.3 Å². The van der Waals surface area contributed by atoms with Gasteiger partial charge in [-0.2, -0.15) is 0 Å². The number of rotatable bonds is 6. The van der Waals surface area contributed by atoms with Gasteiger partial charge in [-0.1, -0.05) is 0 Å². The molecule has 0 aliphatic carbocycles. The molecule has 172 valence electrons. The molecule has 7 nitrogen and oxygen atoms in total. The van der Waals surface area contributed by atoms with Crippen LogP contribution >= 0.6 is 0 Å². The molecule has 3 aromatic rings. The van der Waals surface area contributed by atoms with Crippen molar-refractivity contribution in [2.24, 2.45) is 0 Å². The predicted octanol–water partition coefficient (Wildman–Crippen LogP) is 3.68. The first-order valence-electron chi connectivity index (χ1n) is 10.9. The molecule has 1 saturated heterocycles. The lowest BCUT2D eigenvalue weighted by atomic mass is 9.82. The van der Waals surface area contributed by atoms with E-state index >= 15 is 0 Å². The van der Waals surface area contributed by atoms with Crippen molar-refractivity contribution < 1.29 is 19.0 Å². The number of carbonyl (C=O) groups is 1. The number of Topliss-reactive ketones (excluding diaryl/α,β-unsaturated/α-hetero) is 1. The number of carbonyl (C=O) groups excluding carboxylic acids is 1. The fourth-order valence-corrected chi connectivity index (χ4v) is 4.01. The summed E-state index contributed by atoms with van der Waals surface area (Å²) in [7, 11) is 0. The number of ether oxygens (including phenoxy) is 1. The summed E-state index contributed by atoms with van der Waals surface area (Å²) in [4.78, 5) is 26.8. The smallest absolute Gasteiger partial charge is 0.220 e. The second-order valence-electron chi connectivity index (χ2n) is 8.92. The van der Waals surface area contributed by atoms with E-state index in [9.17, 15) is 14.3 Å². The summed E-state index contributed by atoms with van der Waals surface area (Å²) >= 11 is 0. The normalized spacial score (nSPS) is 20.9. The van der Waals surface area contributed by atoms with Crippen LogP contribution < -0.4 is 10.1 Å². The summed E-state index contributed by atoms with van der Waals surface area (Å²) in [6.07, 6.45) is 5.76. The molecule has 2 N–H and O–H groups in total. The zero-order valence-corrected chi connectivity index (χ0v) is 18.9. The van der Waals surface area contributed by atoms with E-state index in [1.54, 1.807) is 50.6 Å². The van der Waals surface area contributed by atoms with Gasteiger partial charge in [-0.3, -0.25) is 4.79 Å². The third kappa shape index (κ3) is 4.77. The van der Waals surface area contributed by atoms with Crippen molar-refractivity contribution in [3.05, 3.63) is 71.9 Å². The molecule has 3 heterocycles. The number of aromatic nitrogens is 3. The Bertz CT molecular complexity index is 1140. The first-order chi connectivity index (χ1) is 15.7. The third-order valence-corrected chi connectivity index (χ3v) is 5.89. The van der Waals surface area contributed by atoms with Gasteiger partial charge in [0.2, 0.25) is 11.7 Å². The molecular weight excluding hydrogens is 423 g/mol. The summed E-state index contributed by atoms with van der Waals surface area (Å²) in [6.45, 7) is 5.55. The quantitative estimate of drug-likeness (QED) is 0.553. The van der Waals surface area contributed by atoms with E-state index in [0.29, 0.717) is 24.0 Å². The average Bonchev–Trinajstić information content (AvgIpc) is 2.80. The van der Waals surface area contributed by atoms with Crippen molar-refractivity contribution in [2.75, 3.05) is 6.54 Å². The van der Waals surface area contributed by atoms with Gasteiger partial charge in [0, 0.05) is 47.9 Å². The monoisotopic (exact) mass is 450 g/mol. The van der Waals surface area contributed by atoms with Gasteiger partial charge in [0.15, 0.2) is 11.4 Å². The van der Waals surface area contributed by atoms with E-state index in [1.165, 1.54) is 18.2 Å². The van der Waals surface area contributed by atoms with Crippen molar-refractivity contribution in [3.63, 3.8) is 0 Å². The van der Waals surface area contributed by atoms with Crippen LogP contribution in [0.5, 0.6) is 5.88 Å². The van der Waals surface area contributed by atoms with E-state index in [2.05, 4.69) is 20.3 Å². The highest BCUT2D eigenvalue weighted by atomic mass is 19.1. The van der Waals surface area contributed by atoms with Crippen LogP contribution in [0.4, 0.5) is 4.39 Å². The first kappa shape index (κ1) is 22.9. The van der Waals surface area contributed by atoms with Crippen LogP contribution in [-0.2, 0) is 5.60 Å².